The van der Waals surface area contributed by atoms with E-state index in [1.165, 1.54) is 11.3 Å². The van der Waals surface area contributed by atoms with Crippen molar-refractivity contribution in [3.8, 4) is 0 Å². The van der Waals surface area contributed by atoms with Gasteiger partial charge in [-0.05, 0) is 58.4 Å². The second-order valence-electron chi connectivity index (χ2n) is 5.93. The van der Waals surface area contributed by atoms with Crippen LogP contribution in [0.5, 0.6) is 0 Å². The lowest BCUT2D eigenvalue weighted by molar-refractivity contribution is 0.161. The van der Waals surface area contributed by atoms with Crippen molar-refractivity contribution >= 4 is 5.69 Å². The van der Waals surface area contributed by atoms with Crippen molar-refractivity contribution in [3.63, 3.8) is 0 Å². The average Bonchev–Trinajstić information content (AvgIpc) is 2.40. The summed E-state index contributed by atoms with van der Waals surface area (Å²) < 4.78 is 0. The highest BCUT2D eigenvalue weighted by Gasteiger charge is 2.27. The number of hydrogen-bond acceptors (Lipinski definition) is 3. The molecule has 2 atom stereocenters. The first-order valence-corrected chi connectivity index (χ1v) is 7.65. The molecule has 2 N–H and O–H groups in total. The van der Waals surface area contributed by atoms with Crippen LogP contribution in [0.2, 0.25) is 0 Å². The number of likely N-dealkylation sites (N-methyl/N-ethyl adjacent to an activating group) is 1. The summed E-state index contributed by atoms with van der Waals surface area (Å²) in [5.41, 5.74) is 2.33. The van der Waals surface area contributed by atoms with Gasteiger partial charge in [-0.25, -0.2) is 0 Å². The van der Waals surface area contributed by atoms with Gasteiger partial charge in [0.15, 0.2) is 0 Å². The molecule has 0 aliphatic rings. The zero-order valence-corrected chi connectivity index (χ0v) is 13.6. The smallest absolute Gasteiger partial charge is 0.0611 e. The monoisotopic (exact) mass is 278 g/mol. The maximum Gasteiger partial charge on any atom is 0.0611 e. The summed E-state index contributed by atoms with van der Waals surface area (Å²) in [5.74, 6) is 0. The fourth-order valence-electron chi connectivity index (χ4n) is 2.94. The van der Waals surface area contributed by atoms with Gasteiger partial charge in [0, 0.05) is 23.8 Å². The van der Waals surface area contributed by atoms with Gasteiger partial charge in [0.1, 0.15) is 0 Å². The second-order valence-corrected chi connectivity index (χ2v) is 5.93. The molecular formula is C17H30N2O. The van der Waals surface area contributed by atoms with E-state index in [2.05, 4.69) is 69.1 Å². The molecule has 1 rings (SSSR count). The Hall–Kier alpha value is -1.06. The molecule has 0 spiro atoms. The Labute approximate surface area is 124 Å². The Morgan fingerprint density at radius 1 is 1.35 bits per heavy atom. The van der Waals surface area contributed by atoms with Crippen LogP contribution in [0, 0.1) is 6.92 Å². The third kappa shape index (κ3) is 4.50. The summed E-state index contributed by atoms with van der Waals surface area (Å²) in [6.07, 6.45) is 0.916. The quantitative estimate of drug-likeness (QED) is 0.767. The molecule has 114 valence electrons. The molecule has 3 heteroatoms. The zero-order chi connectivity index (χ0) is 15.2. The number of anilines is 1. The summed E-state index contributed by atoms with van der Waals surface area (Å²) in [7, 11) is 0. The standard InChI is InChI=1S/C17H30N2O/c1-6-18-17(5,13-20)12-15(4)19(7-2)16-10-8-9-14(3)11-16/h8-11,15,18,20H,6-7,12-13H2,1-5H3. The first-order chi connectivity index (χ1) is 9.45. The van der Waals surface area contributed by atoms with E-state index in [1.807, 2.05) is 0 Å². The molecule has 20 heavy (non-hydrogen) atoms. The van der Waals surface area contributed by atoms with Crippen molar-refractivity contribution in [3.05, 3.63) is 29.8 Å². The van der Waals surface area contributed by atoms with Crippen LogP contribution in [0.4, 0.5) is 5.69 Å². The number of aryl methyl sites for hydroxylation is 1. The molecule has 0 bridgehead atoms. The first kappa shape index (κ1) is 17.0. The van der Waals surface area contributed by atoms with E-state index < -0.39 is 0 Å². The van der Waals surface area contributed by atoms with Gasteiger partial charge in [-0.2, -0.15) is 0 Å². The van der Waals surface area contributed by atoms with E-state index in [-0.39, 0.29) is 12.1 Å². The molecule has 0 saturated heterocycles. The Bertz CT molecular complexity index is 408. The van der Waals surface area contributed by atoms with Crippen LogP contribution in [0.25, 0.3) is 0 Å². The highest BCUT2D eigenvalue weighted by atomic mass is 16.3. The largest absolute Gasteiger partial charge is 0.394 e. The molecular weight excluding hydrogens is 248 g/mol. The SMILES string of the molecule is CCNC(C)(CO)CC(C)N(CC)c1cccc(C)c1. The highest BCUT2D eigenvalue weighted by Crippen LogP contribution is 2.23. The Morgan fingerprint density at radius 2 is 2.05 bits per heavy atom. The fraction of sp³-hybridized carbons (Fsp3) is 0.647. The maximum absolute atomic E-state index is 9.65. The summed E-state index contributed by atoms with van der Waals surface area (Å²) >= 11 is 0. The van der Waals surface area contributed by atoms with E-state index >= 15 is 0 Å². The van der Waals surface area contributed by atoms with Crippen molar-refractivity contribution in [1.29, 1.82) is 0 Å². The molecule has 0 aliphatic heterocycles. The van der Waals surface area contributed by atoms with Crippen LogP contribution in [0.3, 0.4) is 0 Å². The number of aliphatic hydroxyl groups excluding tert-OH is 1. The molecule has 1 aromatic carbocycles. The van der Waals surface area contributed by atoms with Crippen LogP contribution in [0.15, 0.2) is 24.3 Å². The van der Waals surface area contributed by atoms with Crippen LogP contribution in [-0.4, -0.2) is 36.4 Å². The van der Waals surface area contributed by atoms with Crippen molar-refractivity contribution in [2.75, 3.05) is 24.6 Å². The van der Waals surface area contributed by atoms with Gasteiger partial charge in [-0.1, -0.05) is 19.1 Å². The molecule has 0 amide bonds. The highest BCUT2D eigenvalue weighted by molar-refractivity contribution is 5.49. The predicted molar refractivity (Wildman–Crippen MR) is 87.4 cm³/mol. The summed E-state index contributed by atoms with van der Waals surface area (Å²) in [6, 6.07) is 8.99. The minimum Gasteiger partial charge on any atom is -0.394 e. The molecule has 0 fully saturated rings. The minimum atomic E-state index is -0.217. The molecule has 0 radical (unpaired) electrons. The van der Waals surface area contributed by atoms with Gasteiger partial charge in [-0.3, -0.25) is 0 Å². The third-order valence-corrected chi connectivity index (χ3v) is 3.90. The van der Waals surface area contributed by atoms with Gasteiger partial charge in [0.05, 0.1) is 6.61 Å². The van der Waals surface area contributed by atoms with E-state index in [9.17, 15) is 5.11 Å². The average molecular weight is 278 g/mol. The van der Waals surface area contributed by atoms with Crippen LogP contribution < -0.4 is 10.2 Å². The van der Waals surface area contributed by atoms with Crippen molar-refractivity contribution in [1.82, 2.24) is 5.32 Å². The molecule has 3 nitrogen and oxygen atoms in total. The lowest BCUT2D eigenvalue weighted by Gasteiger charge is -2.37. The summed E-state index contributed by atoms with van der Waals surface area (Å²) in [4.78, 5) is 2.40. The summed E-state index contributed by atoms with van der Waals surface area (Å²) in [6.45, 7) is 12.7. The van der Waals surface area contributed by atoms with E-state index in [4.69, 9.17) is 0 Å². The Kier molecular flexibility index (Phi) is 6.50. The Balaban J connectivity index is 2.84. The molecule has 0 saturated carbocycles. The number of nitrogens with one attached hydrogen (secondary N) is 1. The number of benzene rings is 1. The topological polar surface area (TPSA) is 35.5 Å². The van der Waals surface area contributed by atoms with Gasteiger partial charge in [0.2, 0.25) is 0 Å². The lowest BCUT2D eigenvalue weighted by Crippen LogP contribution is -2.50. The van der Waals surface area contributed by atoms with Gasteiger partial charge in [-0.15, -0.1) is 0 Å². The van der Waals surface area contributed by atoms with Crippen LogP contribution >= 0.6 is 0 Å². The summed E-state index contributed by atoms with van der Waals surface area (Å²) in [5, 5.41) is 13.1. The van der Waals surface area contributed by atoms with E-state index in [1.54, 1.807) is 0 Å². The fourth-order valence-corrected chi connectivity index (χ4v) is 2.94. The number of rotatable bonds is 8. The third-order valence-electron chi connectivity index (χ3n) is 3.90. The molecule has 0 heterocycles. The molecule has 0 aliphatic carbocycles. The maximum atomic E-state index is 9.65. The lowest BCUT2D eigenvalue weighted by atomic mass is 9.93. The molecule has 0 aromatic heterocycles. The number of aliphatic hydroxyl groups is 1. The zero-order valence-electron chi connectivity index (χ0n) is 13.6. The van der Waals surface area contributed by atoms with Crippen molar-refractivity contribution in [2.45, 2.75) is 52.6 Å². The van der Waals surface area contributed by atoms with Gasteiger partial charge < -0.3 is 15.3 Å². The van der Waals surface area contributed by atoms with Crippen molar-refractivity contribution < 1.29 is 5.11 Å². The Morgan fingerprint density at radius 3 is 2.55 bits per heavy atom. The number of hydrogen-bond donors (Lipinski definition) is 2. The van der Waals surface area contributed by atoms with Gasteiger partial charge >= 0.3 is 0 Å². The molecule has 1 aromatic rings. The number of nitrogens with zero attached hydrogens (tertiary/aromatic N) is 1. The first-order valence-electron chi connectivity index (χ1n) is 7.65. The predicted octanol–water partition coefficient (Wildman–Crippen LogP) is 2.96. The normalized spacial score (nSPS) is 15.7. The van der Waals surface area contributed by atoms with Crippen molar-refractivity contribution in [2.24, 2.45) is 0 Å². The minimum absolute atomic E-state index is 0.163. The van der Waals surface area contributed by atoms with Crippen LogP contribution in [-0.2, 0) is 0 Å². The van der Waals surface area contributed by atoms with Crippen LogP contribution in [0.1, 0.15) is 39.7 Å². The second kappa shape index (κ2) is 7.65. The van der Waals surface area contributed by atoms with E-state index in [0.29, 0.717) is 6.04 Å². The van der Waals surface area contributed by atoms with E-state index in [0.717, 1.165) is 19.5 Å². The van der Waals surface area contributed by atoms with Gasteiger partial charge in [0.25, 0.3) is 0 Å². The molecule has 2 unspecified atom stereocenters.